The van der Waals surface area contributed by atoms with E-state index in [9.17, 15) is 14.4 Å². The molecule has 0 spiro atoms. The number of rotatable bonds is 9. The van der Waals surface area contributed by atoms with E-state index >= 15 is 0 Å². The molecule has 3 aliphatic rings. The van der Waals surface area contributed by atoms with E-state index in [0.717, 1.165) is 44.6 Å². The molecule has 3 amide bonds. The monoisotopic (exact) mass is 770 g/mol. The van der Waals surface area contributed by atoms with Crippen molar-refractivity contribution in [2.24, 2.45) is 0 Å². The lowest BCUT2D eigenvalue weighted by Gasteiger charge is -2.40. The lowest BCUT2D eigenvalue weighted by atomic mass is 10.0. The van der Waals surface area contributed by atoms with E-state index in [0.29, 0.717) is 29.2 Å². The van der Waals surface area contributed by atoms with Gasteiger partial charge in [0.1, 0.15) is 10.3 Å². The quantitative estimate of drug-likeness (QED) is 0.114. The molecule has 8 rings (SSSR count). The molecular formula is C43H38N4O4S3. The summed E-state index contributed by atoms with van der Waals surface area (Å²) in [6.07, 6.45) is 8.91. The summed E-state index contributed by atoms with van der Waals surface area (Å²) in [5, 5.41) is 6.24. The maximum Gasteiger partial charge on any atom is 0.341 e. The smallest absolute Gasteiger partial charge is 0.341 e. The molecule has 11 heteroatoms. The highest BCUT2D eigenvalue weighted by atomic mass is 32.2. The number of carbonyl (C=O) groups is 3. The number of para-hydroxylation sites is 1. The van der Waals surface area contributed by atoms with Crippen LogP contribution in [0.5, 0.6) is 0 Å². The number of ether oxygens (including phenoxy) is 1. The van der Waals surface area contributed by atoms with Gasteiger partial charge < -0.3 is 15.4 Å². The van der Waals surface area contributed by atoms with Gasteiger partial charge in [-0.3, -0.25) is 14.6 Å². The Kier molecular flexibility index (Phi) is 10.7. The summed E-state index contributed by atoms with van der Waals surface area (Å²) >= 11 is 4.60. The minimum absolute atomic E-state index is 0.115. The number of thioether (sulfide) groups is 2. The van der Waals surface area contributed by atoms with E-state index in [1.807, 2.05) is 108 Å². The topological polar surface area (TPSA) is 91.0 Å². The average Bonchev–Trinajstić information content (AvgIpc) is 3.56. The third-order valence-electron chi connectivity index (χ3n) is 9.65. The predicted octanol–water partition coefficient (Wildman–Crippen LogP) is 9.57. The van der Waals surface area contributed by atoms with Crippen molar-refractivity contribution in [2.75, 3.05) is 29.2 Å². The number of anilines is 3. The second-order valence-corrected chi connectivity index (χ2v) is 16.7. The fourth-order valence-electron chi connectivity index (χ4n) is 7.11. The van der Waals surface area contributed by atoms with Gasteiger partial charge in [0, 0.05) is 40.0 Å². The number of nitrogens with one attached hydrogen (secondary N) is 2. The average molecular weight is 771 g/mol. The van der Waals surface area contributed by atoms with Gasteiger partial charge in [-0.05, 0) is 53.4 Å². The van der Waals surface area contributed by atoms with Crippen LogP contribution >= 0.6 is 34.9 Å². The highest BCUT2D eigenvalue weighted by Gasteiger charge is 2.37. The molecule has 272 valence electrons. The van der Waals surface area contributed by atoms with Crippen molar-refractivity contribution < 1.29 is 19.1 Å². The Morgan fingerprint density at radius 2 is 1.65 bits per heavy atom. The van der Waals surface area contributed by atoms with Crippen molar-refractivity contribution in [3.05, 3.63) is 161 Å². The summed E-state index contributed by atoms with van der Waals surface area (Å²) in [7, 11) is 1.38. The first-order valence-corrected chi connectivity index (χ1v) is 20.4. The van der Waals surface area contributed by atoms with E-state index in [1.165, 1.54) is 35.8 Å². The number of hydrogen-bond donors (Lipinski definition) is 2. The molecule has 0 saturated heterocycles. The van der Waals surface area contributed by atoms with Crippen molar-refractivity contribution in [1.29, 1.82) is 0 Å². The SMILES string of the molecule is COC(=O)c1c(NC(=O)C(Sc2cccc(NC(=O)N3c4ccccc4SC4C=CC=CC43)c2)c2ccccc2)sc2c1CCN(Cc1ccccc1)C2. The van der Waals surface area contributed by atoms with Crippen LogP contribution in [0.2, 0.25) is 0 Å². The molecule has 4 aromatic carbocycles. The van der Waals surface area contributed by atoms with Gasteiger partial charge >= 0.3 is 12.0 Å². The third kappa shape index (κ3) is 7.63. The molecule has 8 nitrogen and oxygen atoms in total. The Balaban J connectivity index is 1.03. The van der Waals surface area contributed by atoms with E-state index in [4.69, 9.17) is 4.74 Å². The minimum Gasteiger partial charge on any atom is -0.465 e. The first-order chi connectivity index (χ1) is 26.4. The van der Waals surface area contributed by atoms with Gasteiger partial charge in [-0.1, -0.05) is 103 Å². The molecule has 0 saturated carbocycles. The minimum atomic E-state index is -0.651. The number of fused-ring (bicyclic) bond motifs is 3. The summed E-state index contributed by atoms with van der Waals surface area (Å²) in [5.41, 5.74) is 4.93. The molecule has 3 atom stereocenters. The van der Waals surface area contributed by atoms with Crippen LogP contribution in [0.25, 0.3) is 0 Å². The Hall–Kier alpha value is -5.07. The van der Waals surface area contributed by atoms with Crippen LogP contribution in [-0.4, -0.2) is 47.8 Å². The van der Waals surface area contributed by atoms with Crippen LogP contribution in [0.3, 0.4) is 0 Å². The van der Waals surface area contributed by atoms with Crippen molar-refractivity contribution >= 4 is 69.1 Å². The van der Waals surface area contributed by atoms with Gasteiger partial charge in [0.15, 0.2) is 0 Å². The zero-order valence-electron chi connectivity index (χ0n) is 29.5. The molecule has 1 aliphatic carbocycles. The Bertz CT molecular complexity index is 2240. The number of methoxy groups -OCH3 is 1. The molecule has 2 aliphatic heterocycles. The first kappa shape index (κ1) is 35.9. The zero-order chi connectivity index (χ0) is 37.0. The zero-order valence-corrected chi connectivity index (χ0v) is 32.0. The van der Waals surface area contributed by atoms with Crippen molar-refractivity contribution in [3.63, 3.8) is 0 Å². The van der Waals surface area contributed by atoms with Crippen molar-refractivity contribution in [2.45, 2.75) is 45.8 Å². The summed E-state index contributed by atoms with van der Waals surface area (Å²) in [6, 6.07) is 35.2. The van der Waals surface area contributed by atoms with Crippen LogP contribution in [-0.2, 0) is 29.0 Å². The largest absolute Gasteiger partial charge is 0.465 e. The number of benzene rings is 4. The normalized spacial score (nSPS) is 17.8. The molecule has 3 unspecified atom stereocenters. The molecule has 5 aromatic rings. The lowest BCUT2D eigenvalue weighted by Crippen LogP contribution is -2.49. The summed E-state index contributed by atoms with van der Waals surface area (Å²) in [5.74, 6) is -0.705. The molecule has 0 radical (unpaired) electrons. The van der Waals surface area contributed by atoms with Crippen LogP contribution in [0, 0.1) is 0 Å². The Morgan fingerprint density at radius 1 is 0.889 bits per heavy atom. The summed E-state index contributed by atoms with van der Waals surface area (Å²) in [6.45, 7) is 2.28. The molecule has 54 heavy (non-hydrogen) atoms. The number of urea groups is 1. The number of amides is 3. The Labute approximate surface area is 327 Å². The standard InChI is InChI=1S/C43H38N4O4S3/c1-51-42(49)38-32-23-24-46(26-28-13-4-2-5-14-28)27-37(32)54-41(38)45-40(48)39(29-15-6-3-7-16-29)52-31-18-12-17-30(25-31)44-43(50)47-33-19-8-10-21-35(33)53-36-22-11-9-20-34(36)47/h2-22,25,33,35,39H,23-24,26-27H2,1H3,(H,44,50)(H,45,48). The van der Waals surface area contributed by atoms with E-state index in [2.05, 4.69) is 45.9 Å². The van der Waals surface area contributed by atoms with E-state index in [-0.39, 0.29) is 23.2 Å². The van der Waals surface area contributed by atoms with Gasteiger partial charge in [0.2, 0.25) is 5.91 Å². The first-order valence-electron chi connectivity index (χ1n) is 17.8. The summed E-state index contributed by atoms with van der Waals surface area (Å²) < 4.78 is 5.24. The number of allylic oxidation sites excluding steroid dienone is 2. The fraction of sp³-hybridized carbons (Fsp3) is 0.186. The predicted molar refractivity (Wildman–Crippen MR) is 220 cm³/mol. The maximum atomic E-state index is 14.3. The van der Waals surface area contributed by atoms with Gasteiger partial charge in [-0.2, -0.15) is 0 Å². The van der Waals surface area contributed by atoms with Gasteiger partial charge in [0.05, 0.1) is 29.7 Å². The van der Waals surface area contributed by atoms with Gasteiger partial charge in [-0.25, -0.2) is 9.59 Å². The van der Waals surface area contributed by atoms with E-state index < -0.39 is 11.2 Å². The number of hydrogen-bond acceptors (Lipinski definition) is 8. The van der Waals surface area contributed by atoms with Crippen molar-refractivity contribution in [1.82, 2.24) is 4.90 Å². The fourth-order valence-corrected chi connectivity index (χ4v) is 10.7. The van der Waals surface area contributed by atoms with Crippen molar-refractivity contribution in [3.8, 4) is 0 Å². The highest BCUT2D eigenvalue weighted by Crippen LogP contribution is 2.45. The van der Waals surface area contributed by atoms with Crippen LogP contribution < -0.4 is 15.5 Å². The van der Waals surface area contributed by atoms with Crippen LogP contribution in [0.1, 0.15) is 37.2 Å². The third-order valence-corrected chi connectivity index (χ3v) is 13.3. The van der Waals surface area contributed by atoms with Gasteiger partial charge in [0.25, 0.3) is 0 Å². The highest BCUT2D eigenvalue weighted by molar-refractivity contribution is 8.00. The molecule has 2 N–H and O–H groups in total. The molecule has 0 fully saturated rings. The second kappa shape index (κ2) is 16.1. The number of carbonyl (C=O) groups excluding carboxylic acids is 3. The summed E-state index contributed by atoms with van der Waals surface area (Å²) in [4.78, 5) is 48.7. The molecular weight excluding hydrogens is 733 g/mol. The second-order valence-electron chi connectivity index (χ2n) is 13.2. The maximum absolute atomic E-state index is 14.3. The number of thiophene rings is 1. The number of esters is 1. The molecule has 1 aromatic heterocycles. The lowest BCUT2D eigenvalue weighted by molar-refractivity contribution is -0.115. The molecule has 3 heterocycles. The molecule has 0 bridgehead atoms. The van der Waals surface area contributed by atoms with Crippen LogP contribution in [0.15, 0.2) is 143 Å². The van der Waals surface area contributed by atoms with Crippen LogP contribution in [0.4, 0.5) is 21.2 Å². The Morgan fingerprint density at radius 3 is 2.46 bits per heavy atom. The van der Waals surface area contributed by atoms with E-state index in [1.54, 1.807) is 11.8 Å². The number of nitrogens with zero attached hydrogens (tertiary/aromatic N) is 2. The van der Waals surface area contributed by atoms with Gasteiger partial charge in [-0.15, -0.1) is 34.9 Å².